The molecular weight excluding hydrogens is 687 g/mol. The van der Waals surface area contributed by atoms with Crippen molar-refractivity contribution in [3.8, 4) is 0 Å². The maximum atomic E-state index is 2.63. The third-order valence-corrected chi connectivity index (χ3v) is 16.9. The van der Waals surface area contributed by atoms with Gasteiger partial charge in [-0.05, 0) is 0 Å². The van der Waals surface area contributed by atoms with Crippen molar-refractivity contribution in [1.82, 2.24) is 0 Å². The van der Waals surface area contributed by atoms with Gasteiger partial charge in [-0.3, -0.25) is 0 Å². The van der Waals surface area contributed by atoms with Crippen LogP contribution in [0.3, 0.4) is 0 Å². The van der Waals surface area contributed by atoms with Crippen LogP contribution in [-0.2, 0) is 46.1 Å². The quantitative estimate of drug-likeness (QED) is 0.121. The topological polar surface area (TPSA) is 0 Å². The van der Waals surface area contributed by atoms with E-state index in [0.29, 0.717) is 0 Å². The van der Waals surface area contributed by atoms with Crippen LogP contribution in [0.5, 0.6) is 0 Å². The Hall–Kier alpha value is -1.84. The number of benzene rings is 4. The summed E-state index contributed by atoms with van der Waals surface area (Å²) >= 11 is 2.52. The second kappa shape index (κ2) is 20.0. The van der Waals surface area contributed by atoms with Crippen LogP contribution in [0.2, 0.25) is 3.34 Å². The minimum Gasteiger partial charge on any atom is -1.00 e. The van der Waals surface area contributed by atoms with E-state index in [2.05, 4.69) is 163 Å². The van der Waals surface area contributed by atoms with Crippen LogP contribution >= 0.6 is 0 Å². The van der Waals surface area contributed by atoms with Crippen LogP contribution < -0.4 is 52.8 Å². The Morgan fingerprint density at radius 2 is 0.894 bits per heavy atom. The summed E-state index contributed by atoms with van der Waals surface area (Å²) in [7, 11) is -2.60. The van der Waals surface area contributed by atoms with E-state index in [1.165, 1.54) is 81.9 Å². The zero-order valence-electron chi connectivity index (χ0n) is 28.3. The molecule has 0 spiro atoms. The molecule has 0 N–H and O–H groups in total. The van der Waals surface area contributed by atoms with E-state index in [-0.39, 0.29) is 40.6 Å². The standard InChI is InChI=1S/C42H49Si.3ClH.Ti/c1-4-7-13-34-18-25-39(26-19-34)43(40-27-20-35(21-28-40)14-8-5-2,41-29-22-36(23-30-41)15-9-6-3)42-31-24-38(33-42)32-37-16-11-10-12-17-37;;;;/h10-12,16-31,33H,4-9,13-15,32H2,1-3H3;3*1H;/q;;;;+3/p-3. The summed E-state index contributed by atoms with van der Waals surface area (Å²) in [6.07, 6.45) is 19.5. The zero-order chi connectivity index (χ0) is 30.8. The SMILES string of the molecule is CCCCc1ccc([Si](c2ccc(CCCC)cc2)(c2ccc(CCCC)cc2)[C]2([Ti+3])C=CC(Cc3ccccc3)=C2)cc1.[Cl-].[Cl-].[Cl-]. The summed E-state index contributed by atoms with van der Waals surface area (Å²) in [4.78, 5) is 0. The van der Waals surface area contributed by atoms with E-state index in [0.717, 1.165) is 25.7 Å². The molecule has 0 bridgehead atoms. The monoisotopic (exact) mass is 734 g/mol. The smallest absolute Gasteiger partial charge is 1.00 e. The number of hydrogen-bond acceptors (Lipinski definition) is 0. The van der Waals surface area contributed by atoms with Gasteiger partial charge in [0.1, 0.15) is 0 Å². The van der Waals surface area contributed by atoms with E-state index in [4.69, 9.17) is 0 Å². The van der Waals surface area contributed by atoms with Crippen molar-refractivity contribution >= 4 is 23.6 Å². The van der Waals surface area contributed by atoms with E-state index < -0.39 is 8.07 Å². The first-order valence-corrected chi connectivity index (χ1v) is 19.8. The summed E-state index contributed by atoms with van der Waals surface area (Å²) in [5.74, 6) is 0. The van der Waals surface area contributed by atoms with Gasteiger partial charge in [-0.2, -0.15) is 0 Å². The maximum Gasteiger partial charge on any atom is -1.00 e. The Balaban J connectivity index is 0.00000256. The molecule has 0 saturated carbocycles. The van der Waals surface area contributed by atoms with Gasteiger partial charge >= 0.3 is 282 Å². The molecule has 1 aliphatic rings. The first-order valence-electron chi connectivity index (χ1n) is 17.0. The molecule has 0 radical (unpaired) electrons. The van der Waals surface area contributed by atoms with Crippen LogP contribution in [-0.4, -0.2) is 8.07 Å². The summed E-state index contributed by atoms with van der Waals surface area (Å²) in [5, 5.41) is 4.51. The number of unbranched alkanes of at least 4 members (excludes halogenated alkanes) is 3. The molecule has 1 unspecified atom stereocenters. The number of hydrogen-bond donors (Lipinski definition) is 0. The normalized spacial score (nSPS) is 15.3. The van der Waals surface area contributed by atoms with Crippen molar-refractivity contribution in [2.75, 3.05) is 0 Å². The first kappa shape index (κ1) is 41.3. The van der Waals surface area contributed by atoms with E-state index >= 15 is 0 Å². The van der Waals surface area contributed by atoms with Crippen LogP contribution in [0.4, 0.5) is 0 Å². The molecule has 0 fully saturated rings. The number of aryl methyl sites for hydroxylation is 3. The van der Waals surface area contributed by atoms with Crippen molar-refractivity contribution in [3.63, 3.8) is 0 Å². The fraction of sp³-hybridized carbons (Fsp3) is 0.333. The Morgan fingerprint density at radius 3 is 1.26 bits per heavy atom. The van der Waals surface area contributed by atoms with Gasteiger partial charge in [0.05, 0.1) is 0 Å². The van der Waals surface area contributed by atoms with E-state index in [1.807, 2.05) is 0 Å². The summed E-state index contributed by atoms with van der Waals surface area (Å²) in [6, 6.07) is 40.5. The second-order valence-corrected chi connectivity index (χ2v) is 18.9. The predicted octanol–water partition coefficient (Wildman–Crippen LogP) is 0.180. The van der Waals surface area contributed by atoms with Crippen LogP contribution in [0.15, 0.2) is 127 Å². The number of allylic oxidation sites excluding steroid dienone is 4. The largest absolute Gasteiger partial charge is 1.00 e. The molecule has 4 aromatic carbocycles. The van der Waals surface area contributed by atoms with Gasteiger partial charge in [-0.15, -0.1) is 0 Å². The summed E-state index contributed by atoms with van der Waals surface area (Å²) < 4.78 is -0.113. The van der Waals surface area contributed by atoms with Gasteiger partial charge in [0.25, 0.3) is 0 Å². The third-order valence-electron chi connectivity index (χ3n) is 9.46. The van der Waals surface area contributed by atoms with Crippen molar-refractivity contribution in [2.45, 2.75) is 88.3 Å². The van der Waals surface area contributed by atoms with Crippen LogP contribution in [0.1, 0.15) is 81.5 Å². The molecule has 0 aromatic heterocycles. The minimum atomic E-state index is -2.60. The third kappa shape index (κ3) is 9.66. The van der Waals surface area contributed by atoms with Gasteiger partial charge in [0.2, 0.25) is 0 Å². The molecule has 47 heavy (non-hydrogen) atoms. The minimum absolute atomic E-state index is 0. The fourth-order valence-electron chi connectivity index (χ4n) is 6.93. The molecule has 1 aliphatic carbocycles. The van der Waals surface area contributed by atoms with Gasteiger partial charge in [0, 0.05) is 0 Å². The molecule has 246 valence electrons. The fourth-order valence-corrected chi connectivity index (χ4v) is 14.5. The summed E-state index contributed by atoms with van der Waals surface area (Å²) in [5.41, 5.74) is 7.16. The molecule has 1 atom stereocenters. The average molecular weight is 736 g/mol. The van der Waals surface area contributed by atoms with Crippen molar-refractivity contribution in [2.24, 2.45) is 0 Å². The van der Waals surface area contributed by atoms with Gasteiger partial charge in [-0.1, -0.05) is 0 Å². The molecule has 5 heteroatoms. The number of rotatable bonds is 15. The second-order valence-electron chi connectivity index (χ2n) is 12.7. The molecule has 4 aromatic rings. The molecule has 0 heterocycles. The number of halogens is 3. The van der Waals surface area contributed by atoms with Crippen molar-refractivity contribution in [3.05, 3.63) is 149 Å². The van der Waals surface area contributed by atoms with Gasteiger partial charge in [-0.25, -0.2) is 0 Å². The Morgan fingerprint density at radius 1 is 0.511 bits per heavy atom. The van der Waals surface area contributed by atoms with Crippen molar-refractivity contribution in [1.29, 1.82) is 0 Å². The molecule has 0 saturated heterocycles. The zero-order valence-corrected chi connectivity index (χ0v) is 33.1. The maximum absolute atomic E-state index is 2.63. The van der Waals surface area contributed by atoms with Crippen LogP contribution in [0, 0.1) is 0 Å². The predicted molar refractivity (Wildman–Crippen MR) is 190 cm³/mol. The first-order chi connectivity index (χ1) is 21.5. The average Bonchev–Trinajstić information content (AvgIpc) is 3.45. The van der Waals surface area contributed by atoms with Gasteiger partial charge in [0.15, 0.2) is 0 Å². The summed E-state index contributed by atoms with van der Waals surface area (Å²) in [6.45, 7) is 6.86. The van der Waals surface area contributed by atoms with Crippen LogP contribution in [0.25, 0.3) is 0 Å². The Kier molecular flexibility index (Phi) is 17.6. The molecule has 0 nitrogen and oxygen atoms in total. The van der Waals surface area contributed by atoms with Crippen molar-refractivity contribution < 1.29 is 57.7 Å². The van der Waals surface area contributed by atoms with E-state index in [1.54, 1.807) is 0 Å². The molecule has 0 amide bonds. The molecule has 5 rings (SSSR count). The van der Waals surface area contributed by atoms with Gasteiger partial charge < -0.3 is 37.2 Å². The Bertz CT molecular complexity index is 1400. The van der Waals surface area contributed by atoms with E-state index in [9.17, 15) is 0 Å². The molecule has 0 aliphatic heterocycles. The molecular formula is C42H49Cl3SiTi. The Labute approximate surface area is 316 Å².